The van der Waals surface area contributed by atoms with Gasteiger partial charge < -0.3 is 4.18 Å². The van der Waals surface area contributed by atoms with Crippen LogP contribution in [0.3, 0.4) is 0 Å². The Morgan fingerprint density at radius 2 is 2.10 bits per heavy atom. The molecule has 10 heavy (non-hydrogen) atoms. The normalized spacial score (nSPS) is 12.5. The first-order chi connectivity index (χ1) is 4.79. The van der Waals surface area contributed by atoms with E-state index >= 15 is 0 Å². The average molecular weight is 160 g/mol. The summed E-state index contributed by atoms with van der Waals surface area (Å²) in [5.41, 5.74) is 0. The maximum absolute atomic E-state index is 9.98. The summed E-state index contributed by atoms with van der Waals surface area (Å²) in [7, 11) is 0. The molecule has 1 heterocycles. The van der Waals surface area contributed by atoms with Gasteiger partial charge in [-0.3, -0.25) is 4.55 Å². The molecule has 0 amide bonds. The lowest BCUT2D eigenvalue weighted by Crippen LogP contribution is -2.00. The smallest absolute Gasteiger partial charge is 0.341 e. The van der Waals surface area contributed by atoms with Crippen LogP contribution in [0.1, 0.15) is 0 Å². The van der Waals surface area contributed by atoms with E-state index in [9.17, 15) is 4.21 Å². The van der Waals surface area contributed by atoms with Crippen molar-refractivity contribution in [3.05, 3.63) is 18.5 Å². The average Bonchev–Trinajstić information content (AvgIpc) is 1.88. The van der Waals surface area contributed by atoms with Crippen molar-refractivity contribution in [1.82, 2.24) is 9.97 Å². The highest BCUT2D eigenvalue weighted by Gasteiger charge is 1.97. The summed E-state index contributed by atoms with van der Waals surface area (Å²) in [6.07, 6.45) is 2.82. The third kappa shape index (κ3) is 2.08. The Hall–Kier alpha value is -1.01. The monoisotopic (exact) mass is 160 g/mol. The Kier molecular flexibility index (Phi) is 2.30. The van der Waals surface area contributed by atoms with E-state index in [-0.39, 0.29) is 6.01 Å². The molecule has 1 atom stereocenters. The zero-order valence-corrected chi connectivity index (χ0v) is 5.61. The van der Waals surface area contributed by atoms with Gasteiger partial charge in [-0.2, -0.15) is 4.21 Å². The molecule has 0 saturated heterocycles. The van der Waals surface area contributed by atoms with E-state index in [0.29, 0.717) is 0 Å². The van der Waals surface area contributed by atoms with Crippen LogP contribution in [0, 0.1) is 0 Å². The lowest BCUT2D eigenvalue weighted by Gasteiger charge is -1.93. The van der Waals surface area contributed by atoms with E-state index in [1.807, 2.05) is 0 Å². The van der Waals surface area contributed by atoms with Crippen molar-refractivity contribution in [3.63, 3.8) is 0 Å². The topological polar surface area (TPSA) is 72.3 Å². The number of hydrogen-bond acceptors (Lipinski definition) is 4. The lowest BCUT2D eigenvalue weighted by molar-refractivity contribution is 0.439. The predicted molar refractivity (Wildman–Crippen MR) is 33.4 cm³/mol. The van der Waals surface area contributed by atoms with Gasteiger partial charge in [-0.25, -0.2) is 9.97 Å². The fraction of sp³-hybridized carbons (Fsp3) is 0. The molecule has 1 unspecified atom stereocenters. The van der Waals surface area contributed by atoms with Crippen molar-refractivity contribution in [3.8, 4) is 6.01 Å². The Bertz CT molecular complexity index is 227. The predicted octanol–water partition coefficient (Wildman–Crippen LogP) is -0.00790. The minimum atomic E-state index is -2.34. The molecule has 0 aliphatic heterocycles. The summed E-state index contributed by atoms with van der Waals surface area (Å²) in [5, 5.41) is 0. The third-order valence-corrected chi connectivity index (χ3v) is 0.980. The van der Waals surface area contributed by atoms with Gasteiger partial charge in [0.2, 0.25) is 0 Å². The first-order valence-corrected chi connectivity index (χ1v) is 3.38. The second-order valence-corrected chi connectivity index (χ2v) is 1.93. The lowest BCUT2D eigenvalue weighted by atomic mass is 10.7. The molecule has 6 heteroatoms. The molecule has 0 fully saturated rings. The molecule has 1 aromatic rings. The summed E-state index contributed by atoms with van der Waals surface area (Å²) < 4.78 is 22.4. The molecule has 0 saturated carbocycles. The van der Waals surface area contributed by atoms with Crippen molar-refractivity contribution in [2.24, 2.45) is 0 Å². The van der Waals surface area contributed by atoms with E-state index < -0.39 is 11.4 Å². The number of hydrogen-bond donors (Lipinski definition) is 1. The molecule has 0 aliphatic rings. The molecule has 0 aromatic carbocycles. The molecule has 0 spiro atoms. The van der Waals surface area contributed by atoms with Gasteiger partial charge in [-0.05, 0) is 6.07 Å². The van der Waals surface area contributed by atoms with Crippen molar-refractivity contribution >= 4 is 11.4 Å². The van der Waals surface area contributed by atoms with Gasteiger partial charge in [0.05, 0.1) is 0 Å². The zero-order valence-electron chi connectivity index (χ0n) is 4.80. The first-order valence-electron chi connectivity index (χ1n) is 2.35. The van der Waals surface area contributed by atoms with Crippen molar-refractivity contribution in [2.75, 3.05) is 0 Å². The van der Waals surface area contributed by atoms with Gasteiger partial charge in [0.25, 0.3) is 0 Å². The minimum Gasteiger partial charge on any atom is -0.341 e. The number of nitrogens with zero attached hydrogens (tertiary/aromatic N) is 2. The van der Waals surface area contributed by atoms with Crippen LogP contribution < -0.4 is 4.18 Å². The van der Waals surface area contributed by atoms with E-state index in [4.69, 9.17) is 4.55 Å². The highest BCUT2D eigenvalue weighted by Crippen LogP contribution is 1.97. The summed E-state index contributed by atoms with van der Waals surface area (Å²) >= 11 is -2.34. The van der Waals surface area contributed by atoms with Crippen molar-refractivity contribution in [2.45, 2.75) is 0 Å². The maximum Gasteiger partial charge on any atom is 0.360 e. The molecular formula is C4H4N2O3S. The van der Waals surface area contributed by atoms with Gasteiger partial charge in [-0.15, -0.1) is 0 Å². The van der Waals surface area contributed by atoms with Crippen LogP contribution in [0.5, 0.6) is 6.01 Å². The van der Waals surface area contributed by atoms with Crippen LogP contribution in [0.25, 0.3) is 0 Å². The molecule has 1 rings (SSSR count). The minimum absolute atomic E-state index is 0.108. The highest BCUT2D eigenvalue weighted by molar-refractivity contribution is 7.74. The Morgan fingerprint density at radius 1 is 1.50 bits per heavy atom. The Morgan fingerprint density at radius 3 is 2.60 bits per heavy atom. The Labute approximate surface area is 59.6 Å². The van der Waals surface area contributed by atoms with Crippen LogP contribution >= 0.6 is 0 Å². The third-order valence-electron chi connectivity index (χ3n) is 0.688. The van der Waals surface area contributed by atoms with Gasteiger partial charge in [0.15, 0.2) is 0 Å². The molecule has 0 aliphatic carbocycles. The zero-order chi connectivity index (χ0) is 7.40. The largest absolute Gasteiger partial charge is 0.360 e. The van der Waals surface area contributed by atoms with E-state index in [1.165, 1.54) is 12.4 Å². The second-order valence-electron chi connectivity index (χ2n) is 1.33. The first kappa shape index (κ1) is 7.10. The van der Waals surface area contributed by atoms with Crippen LogP contribution in [0.15, 0.2) is 18.5 Å². The van der Waals surface area contributed by atoms with Crippen LogP contribution in [0.2, 0.25) is 0 Å². The number of aromatic nitrogens is 2. The van der Waals surface area contributed by atoms with E-state index in [0.717, 1.165) is 0 Å². The molecule has 54 valence electrons. The van der Waals surface area contributed by atoms with Gasteiger partial charge >= 0.3 is 17.4 Å². The van der Waals surface area contributed by atoms with Gasteiger partial charge in [-0.1, -0.05) is 0 Å². The second kappa shape index (κ2) is 3.23. The van der Waals surface area contributed by atoms with Crippen LogP contribution in [-0.4, -0.2) is 18.7 Å². The molecule has 1 N–H and O–H groups in total. The van der Waals surface area contributed by atoms with Crippen molar-refractivity contribution in [1.29, 1.82) is 0 Å². The van der Waals surface area contributed by atoms with Gasteiger partial charge in [0, 0.05) is 12.4 Å². The molecular weight excluding hydrogens is 156 g/mol. The molecule has 0 bridgehead atoms. The van der Waals surface area contributed by atoms with Crippen molar-refractivity contribution < 1.29 is 12.9 Å². The SMILES string of the molecule is O=S(O)Oc1ncccn1. The fourth-order valence-corrected chi connectivity index (χ4v) is 0.606. The standard InChI is InChI=1S/C4H4N2O3S/c7-10(8)9-4-5-2-1-3-6-4/h1-3H,(H,7,8). The highest BCUT2D eigenvalue weighted by atomic mass is 32.2. The fourth-order valence-electron chi connectivity index (χ4n) is 0.392. The van der Waals surface area contributed by atoms with E-state index in [1.54, 1.807) is 6.07 Å². The summed E-state index contributed by atoms with van der Waals surface area (Å²) in [6.45, 7) is 0. The molecule has 0 radical (unpaired) electrons. The maximum atomic E-state index is 9.98. The van der Waals surface area contributed by atoms with Crippen LogP contribution in [-0.2, 0) is 11.4 Å². The van der Waals surface area contributed by atoms with E-state index in [2.05, 4.69) is 14.2 Å². The Balaban J connectivity index is 2.67. The summed E-state index contributed by atoms with van der Waals surface area (Å²) in [4.78, 5) is 7.06. The molecule has 1 aromatic heterocycles. The summed E-state index contributed by atoms with van der Waals surface area (Å²) in [5.74, 6) is 0. The van der Waals surface area contributed by atoms with Gasteiger partial charge in [0.1, 0.15) is 0 Å². The quantitative estimate of drug-likeness (QED) is 0.616. The number of rotatable bonds is 2. The molecule has 5 nitrogen and oxygen atoms in total. The van der Waals surface area contributed by atoms with Crippen LogP contribution in [0.4, 0.5) is 0 Å². The summed E-state index contributed by atoms with van der Waals surface area (Å²) in [6, 6.07) is 1.47.